The summed E-state index contributed by atoms with van der Waals surface area (Å²) in [5, 5.41) is 2.93. The molecule has 0 fully saturated rings. The normalized spacial score (nSPS) is 9.46. The molecule has 0 atom stereocenters. The first-order chi connectivity index (χ1) is 6.09. The van der Waals surface area contributed by atoms with E-state index in [-0.39, 0.29) is 6.03 Å². The smallest absolute Gasteiger partial charge is 0.322 e. The van der Waals surface area contributed by atoms with Crippen LogP contribution in [0.3, 0.4) is 0 Å². The summed E-state index contributed by atoms with van der Waals surface area (Å²) in [7, 11) is 3.31. The van der Waals surface area contributed by atoms with Crippen LogP contribution in [0.25, 0.3) is 0 Å². The van der Waals surface area contributed by atoms with E-state index in [9.17, 15) is 4.79 Å². The third kappa shape index (κ3) is 2.91. The lowest BCUT2D eigenvalue weighted by Gasteiger charge is -2.10. The molecule has 1 aromatic heterocycles. The first-order valence-electron chi connectivity index (χ1n) is 3.70. The van der Waals surface area contributed by atoms with Gasteiger partial charge in [-0.2, -0.15) is 0 Å². The minimum atomic E-state index is -0.227. The number of nitrogens with one attached hydrogen (secondary N) is 1. The van der Waals surface area contributed by atoms with Crippen LogP contribution in [0, 0.1) is 0 Å². The molecule has 5 heteroatoms. The van der Waals surface area contributed by atoms with E-state index in [0.29, 0.717) is 11.0 Å². The van der Waals surface area contributed by atoms with Crippen LogP contribution in [0.15, 0.2) is 18.2 Å². The third-order valence-electron chi connectivity index (χ3n) is 1.36. The maximum absolute atomic E-state index is 11.2. The average molecular weight is 200 g/mol. The SMILES string of the molecule is CN(C)C(=O)Nc1cccc(Cl)n1. The summed E-state index contributed by atoms with van der Waals surface area (Å²) in [5.74, 6) is 0.450. The number of halogens is 1. The van der Waals surface area contributed by atoms with Crippen LogP contribution in [0.5, 0.6) is 0 Å². The molecule has 0 saturated heterocycles. The summed E-state index contributed by atoms with van der Waals surface area (Å²) in [6.45, 7) is 0. The molecule has 0 aliphatic heterocycles. The van der Waals surface area contributed by atoms with Crippen molar-refractivity contribution in [1.29, 1.82) is 0 Å². The summed E-state index contributed by atoms with van der Waals surface area (Å²) in [6.07, 6.45) is 0. The number of hydrogen-bond acceptors (Lipinski definition) is 2. The molecule has 0 unspecified atom stereocenters. The maximum atomic E-state index is 11.2. The minimum Gasteiger partial charge on any atom is -0.331 e. The highest BCUT2D eigenvalue weighted by Crippen LogP contribution is 2.09. The molecule has 4 nitrogen and oxygen atoms in total. The van der Waals surface area contributed by atoms with Crippen LogP contribution in [0.1, 0.15) is 0 Å². The topological polar surface area (TPSA) is 45.2 Å². The van der Waals surface area contributed by atoms with Gasteiger partial charge in [-0.25, -0.2) is 9.78 Å². The van der Waals surface area contributed by atoms with E-state index in [0.717, 1.165) is 0 Å². The molecule has 0 aromatic carbocycles. The second kappa shape index (κ2) is 4.09. The molecule has 1 rings (SSSR count). The lowest BCUT2D eigenvalue weighted by atomic mass is 10.5. The van der Waals surface area contributed by atoms with Gasteiger partial charge in [0.15, 0.2) is 0 Å². The Bertz CT molecular complexity index is 314. The predicted molar refractivity (Wildman–Crippen MR) is 52.0 cm³/mol. The van der Waals surface area contributed by atoms with Gasteiger partial charge in [-0.3, -0.25) is 5.32 Å². The van der Waals surface area contributed by atoms with Crippen molar-refractivity contribution in [1.82, 2.24) is 9.88 Å². The van der Waals surface area contributed by atoms with E-state index in [1.54, 1.807) is 32.3 Å². The van der Waals surface area contributed by atoms with Gasteiger partial charge < -0.3 is 4.90 Å². The van der Waals surface area contributed by atoms with Gasteiger partial charge in [0.1, 0.15) is 11.0 Å². The van der Waals surface area contributed by atoms with E-state index < -0.39 is 0 Å². The fourth-order valence-corrected chi connectivity index (χ4v) is 0.863. The summed E-state index contributed by atoms with van der Waals surface area (Å²) in [6, 6.07) is 4.82. The number of hydrogen-bond donors (Lipinski definition) is 1. The van der Waals surface area contributed by atoms with Crippen LogP contribution in [0.4, 0.5) is 10.6 Å². The zero-order valence-corrected chi connectivity index (χ0v) is 8.17. The Balaban J connectivity index is 2.69. The van der Waals surface area contributed by atoms with Crippen LogP contribution in [-0.2, 0) is 0 Å². The Morgan fingerprint density at radius 3 is 2.77 bits per heavy atom. The molecule has 0 saturated carbocycles. The fraction of sp³-hybridized carbons (Fsp3) is 0.250. The molecule has 0 aliphatic rings. The Kier molecular flexibility index (Phi) is 3.08. The molecule has 0 spiro atoms. The minimum absolute atomic E-state index is 0.227. The summed E-state index contributed by atoms with van der Waals surface area (Å²) < 4.78 is 0. The van der Waals surface area contributed by atoms with Gasteiger partial charge in [0, 0.05) is 14.1 Å². The number of aromatic nitrogens is 1. The second-order valence-corrected chi connectivity index (χ2v) is 3.06. The van der Waals surface area contributed by atoms with Crippen LogP contribution >= 0.6 is 11.6 Å². The lowest BCUT2D eigenvalue weighted by molar-refractivity contribution is 0.230. The Hall–Kier alpha value is -1.29. The zero-order chi connectivity index (χ0) is 9.84. The number of anilines is 1. The van der Waals surface area contributed by atoms with Crippen LogP contribution in [0.2, 0.25) is 5.15 Å². The van der Waals surface area contributed by atoms with E-state index >= 15 is 0 Å². The van der Waals surface area contributed by atoms with E-state index in [1.807, 2.05) is 0 Å². The highest BCUT2D eigenvalue weighted by molar-refractivity contribution is 6.29. The monoisotopic (exact) mass is 199 g/mol. The van der Waals surface area contributed by atoms with Crippen molar-refractivity contribution in [3.8, 4) is 0 Å². The van der Waals surface area contributed by atoms with Crippen molar-refractivity contribution in [3.05, 3.63) is 23.4 Å². The molecule has 1 aromatic rings. The molecule has 1 heterocycles. The van der Waals surface area contributed by atoms with Gasteiger partial charge in [0.25, 0.3) is 0 Å². The summed E-state index contributed by atoms with van der Waals surface area (Å²) >= 11 is 5.63. The standard InChI is InChI=1S/C8H10ClN3O/c1-12(2)8(13)11-7-5-3-4-6(9)10-7/h3-5H,1-2H3,(H,10,11,13). The van der Waals surface area contributed by atoms with Crippen molar-refractivity contribution in [3.63, 3.8) is 0 Å². The fourth-order valence-electron chi connectivity index (χ4n) is 0.699. The van der Waals surface area contributed by atoms with Crippen molar-refractivity contribution in [2.24, 2.45) is 0 Å². The number of pyridine rings is 1. The Morgan fingerprint density at radius 2 is 2.23 bits per heavy atom. The number of nitrogens with zero attached hydrogens (tertiary/aromatic N) is 2. The first kappa shape index (κ1) is 9.80. The quantitative estimate of drug-likeness (QED) is 0.702. The summed E-state index contributed by atoms with van der Waals surface area (Å²) in [4.78, 5) is 16.5. The van der Waals surface area contributed by atoms with Crippen molar-refractivity contribution in [2.75, 3.05) is 19.4 Å². The zero-order valence-electron chi connectivity index (χ0n) is 7.41. The maximum Gasteiger partial charge on any atom is 0.322 e. The molecule has 2 amide bonds. The van der Waals surface area contributed by atoms with Gasteiger partial charge in [-0.05, 0) is 12.1 Å². The van der Waals surface area contributed by atoms with Gasteiger partial charge in [-0.1, -0.05) is 17.7 Å². The number of urea groups is 1. The van der Waals surface area contributed by atoms with Crippen molar-refractivity contribution in [2.45, 2.75) is 0 Å². The predicted octanol–water partition coefficient (Wildman–Crippen LogP) is 1.83. The van der Waals surface area contributed by atoms with E-state index in [4.69, 9.17) is 11.6 Å². The van der Waals surface area contributed by atoms with E-state index in [2.05, 4.69) is 10.3 Å². The number of carbonyl (C=O) groups excluding carboxylic acids is 1. The van der Waals surface area contributed by atoms with Gasteiger partial charge >= 0.3 is 6.03 Å². The van der Waals surface area contributed by atoms with Gasteiger partial charge in [0.05, 0.1) is 0 Å². The van der Waals surface area contributed by atoms with Gasteiger partial charge in [-0.15, -0.1) is 0 Å². The molecule has 70 valence electrons. The molecular weight excluding hydrogens is 190 g/mol. The Labute approximate surface area is 81.5 Å². The van der Waals surface area contributed by atoms with Crippen LogP contribution < -0.4 is 5.32 Å². The number of rotatable bonds is 1. The largest absolute Gasteiger partial charge is 0.331 e. The van der Waals surface area contributed by atoms with Crippen molar-refractivity contribution >= 4 is 23.4 Å². The van der Waals surface area contributed by atoms with E-state index in [1.165, 1.54) is 4.90 Å². The molecule has 0 aliphatic carbocycles. The second-order valence-electron chi connectivity index (χ2n) is 2.67. The third-order valence-corrected chi connectivity index (χ3v) is 1.57. The first-order valence-corrected chi connectivity index (χ1v) is 4.08. The van der Waals surface area contributed by atoms with Gasteiger partial charge in [0.2, 0.25) is 0 Å². The molecule has 0 bridgehead atoms. The number of carbonyl (C=O) groups is 1. The summed E-state index contributed by atoms with van der Waals surface area (Å²) in [5.41, 5.74) is 0. The number of amides is 2. The highest BCUT2D eigenvalue weighted by atomic mass is 35.5. The molecule has 0 radical (unpaired) electrons. The molecule has 1 N–H and O–H groups in total. The molecule has 13 heavy (non-hydrogen) atoms. The lowest BCUT2D eigenvalue weighted by Crippen LogP contribution is -2.27. The average Bonchev–Trinajstić information content (AvgIpc) is 2.04. The van der Waals surface area contributed by atoms with Crippen LogP contribution in [-0.4, -0.2) is 30.0 Å². The Morgan fingerprint density at radius 1 is 1.54 bits per heavy atom. The highest BCUT2D eigenvalue weighted by Gasteiger charge is 2.03. The molecular formula is C8H10ClN3O. The van der Waals surface area contributed by atoms with Crippen molar-refractivity contribution < 1.29 is 4.79 Å².